The van der Waals surface area contributed by atoms with Gasteiger partial charge in [-0.2, -0.15) is 0 Å². The Morgan fingerprint density at radius 2 is 1.07 bits per heavy atom. The molecule has 0 aromatic heterocycles. The number of aliphatic carboxylic acids is 3. The van der Waals surface area contributed by atoms with Gasteiger partial charge in [-0.3, -0.25) is 54.8 Å². The molecule has 4 rings (SSSR count). The van der Waals surface area contributed by atoms with E-state index in [4.69, 9.17) is 36.3 Å². The number of nitro groups is 4. The molecule has 0 saturated heterocycles. The summed E-state index contributed by atoms with van der Waals surface area (Å²) in [5.41, 5.74) is 7.59. The number of benzene rings is 2. The summed E-state index contributed by atoms with van der Waals surface area (Å²) < 4.78 is 10.0. The second kappa shape index (κ2) is 18.1. The van der Waals surface area contributed by atoms with Gasteiger partial charge in [0.2, 0.25) is 23.3 Å². The lowest BCUT2D eigenvalue weighted by atomic mass is 10.1. The van der Waals surface area contributed by atoms with Crippen molar-refractivity contribution in [2.45, 2.75) is 44.6 Å². The van der Waals surface area contributed by atoms with Crippen LogP contribution in [0.1, 0.15) is 36.8 Å². The van der Waals surface area contributed by atoms with Gasteiger partial charge in [-0.05, 0) is 32.2 Å². The van der Waals surface area contributed by atoms with Gasteiger partial charge in [-0.15, -0.1) is 0 Å². The largest absolute Gasteiger partial charge is 0.480 e. The SMILES string of the molecule is NC(CCC(=O)N1CCc2c(OCC(=O)O)c([N+](=O)[O-])cc([N+](=O)[O-])c21)C(=O)O.NCCCC(=O)N1CCc2c(OCC(=O)O)c([N+](=O)[O-])cc([N+](=O)[O-])c21. The average Bonchev–Trinajstić information content (AvgIpc) is 3.76. The van der Waals surface area contributed by atoms with Crippen molar-refractivity contribution >= 4 is 63.8 Å². The summed E-state index contributed by atoms with van der Waals surface area (Å²) >= 11 is 0. The Morgan fingerprint density at radius 3 is 1.40 bits per heavy atom. The number of anilines is 2. The highest BCUT2D eigenvalue weighted by atomic mass is 16.6. The van der Waals surface area contributed by atoms with E-state index in [2.05, 4.69) is 0 Å². The van der Waals surface area contributed by atoms with Crippen LogP contribution in [0.25, 0.3) is 0 Å². The maximum Gasteiger partial charge on any atom is 0.341 e. The Bertz CT molecular complexity index is 1950. The summed E-state index contributed by atoms with van der Waals surface area (Å²) in [6, 6.07) is -0.0165. The molecule has 296 valence electrons. The highest BCUT2D eigenvalue weighted by molar-refractivity contribution is 6.00. The predicted molar refractivity (Wildman–Crippen MR) is 181 cm³/mol. The third-order valence-electron chi connectivity index (χ3n) is 7.98. The molecule has 26 nitrogen and oxygen atoms in total. The second-order valence-corrected chi connectivity index (χ2v) is 11.5. The van der Waals surface area contributed by atoms with Gasteiger partial charge in [0.1, 0.15) is 29.5 Å². The highest BCUT2D eigenvalue weighted by Gasteiger charge is 2.41. The van der Waals surface area contributed by atoms with E-state index >= 15 is 0 Å². The number of carboxylic acids is 3. The van der Waals surface area contributed by atoms with Gasteiger partial charge < -0.3 is 46.1 Å². The average molecular weight is 781 g/mol. The minimum Gasteiger partial charge on any atom is -0.480 e. The number of carbonyl (C=O) groups is 5. The second-order valence-electron chi connectivity index (χ2n) is 11.5. The Morgan fingerprint density at radius 1 is 0.691 bits per heavy atom. The van der Waals surface area contributed by atoms with E-state index in [-0.39, 0.29) is 80.0 Å². The molecule has 2 aliphatic heterocycles. The first kappa shape index (κ1) is 42.3. The highest BCUT2D eigenvalue weighted by Crippen LogP contribution is 2.49. The number of nitrogens with two attached hydrogens (primary N) is 2. The molecule has 0 fully saturated rings. The quantitative estimate of drug-likeness (QED) is 0.109. The molecule has 26 heteroatoms. The number of carboxylic acid groups (broad SMARTS) is 3. The van der Waals surface area contributed by atoms with Gasteiger partial charge in [0.15, 0.2) is 13.2 Å². The van der Waals surface area contributed by atoms with E-state index in [1.807, 2.05) is 0 Å². The number of hydrogen-bond donors (Lipinski definition) is 5. The standard InChI is InChI=1S/C15H16N4O10.C14H16N4O8/c16-8(15(23)24)1-2-11(20)17-4-3-7-13(17)9(18(25)26)5-10(19(27)28)14(7)29-6-12(21)22;15-4-1-2-11(19)16-5-3-8-13(16)9(17(22)23)6-10(18(24)25)14(8)26-7-12(20)21/h5,8H,1-4,6,16H2,(H,21,22)(H,23,24);6H,1-5,7,15H2,(H,20,21). The van der Waals surface area contributed by atoms with E-state index in [0.29, 0.717) is 18.6 Å². The van der Waals surface area contributed by atoms with Crippen molar-refractivity contribution in [1.29, 1.82) is 0 Å². The molecule has 0 spiro atoms. The monoisotopic (exact) mass is 780 g/mol. The van der Waals surface area contributed by atoms with Gasteiger partial charge in [-0.25, -0.2) is 9.59 Å². The Hall–Kier alpha value is -7.09. The van der Waals surface area contributed by atoms with Crippen LogP contribution >= 0.6 is 0 Å². The molecule has 0 aliphatic carbocycles. The van der Waals surface area contributed by atoms with Crippen molar-refractivity contribution in [2.75, 3.05) is 42.6 Å². The lowest BCUT2D eigenvalue weighted by molar-refractivity contribution is -0.394. The molecule has 7 N–H and O–H groups in total. The molecule has 2 aromatic rings. The summed E-state index contributed by atoms with van der Waals surface area (Å²) in [5.74, 6) is -5.99. The third-order valence-corrected chi connectivity index (χ3v) is 7.98. The Labute approximate surface area is 306 Å². The molecule has 0 saturated carbocycles. The lowest BCUT2D eigenvalue weighted by Gasteiger charge is -2.18. The molecule has 2 aromatic carbocycles. The molecule has 0 radical (unpaired) electrons. The zero-order valence-corrected chi connectivity index (χ0v) is 28.3. The van der Waals surface area contributed by atoms with E-state index in [0.717, 1.165) is 4.90 Å². The van der Waals surface area contributed by atoms with Crippen molar-refractivity contribution in [3.63, 3.8) is 0 Å². The Kier molecular flexibility index (Phi) is 13.9. The van der Waals surface area contributed by atoms with Crippen LogP contribution in [-0.4, -0.2) is 104 Å². The molecule has 1 unspecified atom stereocenters. The number of amides is 2. The van der Waals surface area contributed by atoms with Crippen LogP contribution < -0.4 is 30.7 Å². The molecule has 1 atom stereocenters. The number of nitrogens with zero attached hydrogens (tertiary/aromatic N) is 6. The number of carbonyl (C=O) groups excluding carboxylic acids is 2. The lowest BCUT2D eigenvalue weighted by Crippen LogP contribution is -2.34. The summed E-state index contributed by atoms with van der Waals surface area (Å²) in [5, 5.41) is 71.7. The fourth-order valence-electron chi connectivity index (χ4n) is 5.66. The van der Waals surface area contributed by atoms with Crippen LogP contribution in [0.4, 0.5) is 34.1 Å². The number of ether oxygens (including phenoxy) is 2. The van der Waals surface area contributed by atoms with Crippen LogP contribution in [0.15, 0.2) is 12.1 Å². The first-order valence-electron chi connectivity index (χ1n) is 15.8. The first-order valence-corrected chi connectivity index (χ1v) is 15.8. The number of rotatable bonds is 17. The van der Waals surface area contributed by atoms with Crippen LogP contribution in [0.3, 0.4) is 0 Å². The number of nitro benzene ring substituents is 4. The molecule has 2 amide bonds. The predicted octanol–water partition coefficient (Wildman–Crippen LogP) is 0.642. The van der Waals surface area contributed by atoms with E-state index in [1.165, 1.54) is 4.90 Å². The summed E-state index contributed by atoms with van der Waals surface area (Å²) in [6.07, 6.45) is -0.0799. The van der Waals surface area contributed by atoms with E-state index < -0.39 is 97.2 Å². The minimum atomic E-state index is -1.42. The fourth-order valence-corrected chi connectivity index (χ4v) is 5.66. The normalized spacial score (nSPS) is 13.1. The van der Waals surface area contributed by atoms with Crippen molar-refractivity contribution in [3.8, 4) is 11.5 Å². The first-order chi connectivity index (χ1) is 25.8. The summed E-state index contributed by atoms with van der Waals surface area (Å²) in [4.78, 5) is 101. The summed E-state index contributed by atoms with van der Waals surface area (Å²) in [7, 11) is 0. The van der Waals surface area contributed by atoms with Gasteiger partial charge in [0, 0.05) is 37.1 Å². The van der Waals surface area contributed by atoms with Crippen LogP contribution in [0, 0.1) is 40.5 Å². The van der Waals surface area contributed by atoms with Gasteiger partial charge in [-0.1, -0.05) is 0 Å². The molecular formula is C29H32N8O18. The third kappa shape index (κ3) is 9.87. The zero-order valence-electron chi connectivity index (χ0n) is 28.3. The smallest absolute Gasteiger partial charge is 0.341 e. The number of fused-ring (bicyclic) bond motifs is 2. The van der Waals surface area contributed by atoms with E-state index in [9.17, 15) is 64.4 Å². The van der Waals surface area contributed by atoms with E-state index in [1.54, 1.807) is 0 Å². The minimum absolute atomic E-state index is 0.0389. The fraction of sp³-hybridized carbons (Fsp3) is 0.414. The molecule has 55 heavy (non-hydrogen) atoms. The molecular weight excluding hydrogens is 748 g/mol. The zero-order chi connectivity index (χ0) is 41.3. The van der Waals surface area contributed by atoms with Gasteiger partial charge in [0.25, 0.3) is 11.4 Å². The van der Waals surface area contributed by atoms with Crippen LogP contribution in [0.5, 0.6) is 11.5 Å². The van der Waals surface area contributed by atoms with Gasteiger partial charge >= 0.3 is 29.3 Å². The van der Waals surface area contributed by atoms with Gasteiger partial charge in [0.05, 0.1) is 19.7 Å². The molecule has 0 bridgehead atoms. The number of hydrogen-bond acceptors (Lipinski definition) is 17. The molecule has 2 aliphatic rings. The Balaban J connectivity index is 0.000000297. The maximum absolute atomic E-state index is 12.5. The van der Waals surface area contributed by atoms with Crippen molar-refractivity contribution in [1.82, 2.24) is 0 Å². The maximum atomic E-state index is 12.5. The van der Waals surface area contributed by atoms with Crippen LogP contribution in [0.2, 0.25) is 0 Å². The van der Waals surface area contributed by atoms with Crippen molar-refractivity contribution in [2.24, 2.45) is 11.5 Å². The van der Waals surface area contributed by atoms with Crippen molar-refractivity contribution < 1.29 is 68.5 Å². The van der Waals surface area contributed by atoms with Crippen molar-refractivity contribution in [3.05, 3.63) is 63.7 Å². The van der Waals surface area contributed by atoms with Crippen LogP contribution in [-0.2, 0) is 36.8 Å². The summed E-state index contributed by atoms with van der Waals surface area (Å²) in [6.45, 7) is -1.52. The molecule has 2 heterocycles. The topological polar surface area (TPSA) is 396 Å².